The number of rotatable bonds is 6. The molecule has 0 aliphatic rings. The van der Waals surface area contributed by atoms with Crippen molar-refractivity contribution >= 4 is 27.4 Å². The highest BCUT2D eigenvalue weighted by atomic mass is 15.0. The minimum Gasteiger partial charge on any atom is -0.373 e. The Hall–Kier alpha value is -6.46. The van der Waals surface area contributed by atoms with Crippen LogP contribution in [0.2, 0.25) is 0 Å². The first kappa shape index (κ1) is 29.0. The molecule has 0 atom stereocenters. The zero-order valence-corrected chi connectivity index (χ0v) is 26.4. The summed E-state index contributed by atoms with van der Waals surface area (Å²) >= 11 is 0. The van der Waals surface area contributed by atoms with Gasteiger partial charge in [0.15, 0.2) is 17.5 Å². The summed E-state index contributed by atoms with van der Waals surface area (Å²) in [4.78, 5) is 15.1. The molecule has 5 heteroatoms. The second-order valence-corrected chi connectivity index (χ2v) is 11.7. The summed E-state index contributed by atoms with van der Waals surface area (Å²) in [7, 11) is 1.77. The van der Waals surface area contributed by atoms with Crippen molar-refractivity contribution in [1.82, 2.24) is 20.3 Å². The lowest BCUT2D eigenvalue weighted by Crippen LogP contribution is -2.17. The molecule has 5 nitrogen and oxygen atoms in total. The average Bonchev–Trinajstić information content (AvgIpc) is 3.17. The Morgan fingerprint density at radius 2 is 0.896 bits per heavy atom. The number of nitrogens with zero attached hydrogens (tertiary/aromatic N) is 3. The van der Waals surface area contributed by atoms with E-state index >= 15 is 0 Å². The fourth-order valence-electron chi connectivity index (χ4n) is 6.30. The Morgan fingerprint density at radius 3 is 1.44 bits per heavy atom. The third kappa shape index (κ3) is 5.48. The molecule has 8 aromatic rings. The molecular formula is C43H31N5. The van der Waals surface area contributed by atoms with Crippen molar-refractivity contribution in [1.29, 1.82) is 5.41 Å². The first-order chi connectivity index (χ1) is 23.6. The molecule has 0 amide bonds. The largest absolute Gasteiger partial charge is 0.373 e. The molecule has 8 rings (SSSR count). The lowest BCUT2D eigenvalue weighted by atomic mass is 9.89. The number of hydrogen-bond acceptors (Lipinski definition) is 4. The van der Waals surface area contributed by atoms with Crippen molar-refractivity contribution in [2.24, 2.45) is 0 Å². The molecule has 0 spiro atoms. The van der Waals surface area contributed by atoms with Gasteiger partial charge in [-0.05, 0) is 68.1 Å². The van der Waals surface area contributed by atoms with Crippen molar-refractivity contribution in [2.75, 3.05) is 7.05 Å². The first-order valence-electron chi connectivity index (χ1n) is 15.9. The van der Waals surface area contributed by atoms with Crippen LogP contribution >= 0.6 is 0 Å². The highest BCUT2D eigenvalue weighted by molar-refractivity contribution is 6.13. The summed E-state index contributed by atoms with van der Waals surface area (Å²) in [5, 5.41) is 15.9. The third-order valence-corrected chi connectivity index (χ3v) is 8.71. The van der Waals surface area contributed by atoms with E-state index in [0.29, 0.717) is 23.3 Å². The fraction of sp³-hybridized carbons (Fsp3) is 0.0233. The van der Waals surface area contributed by atoms with E-state index in [1.165, 1.54) is 27.1 Å². The molecular weight excluding hydrogens is 587 g/mol. The zero-order valence-electron chi connectivity index (χ0n) is 26.4. The molecule has 1 aromatic heterocycles. The second kappa shape index (κ2) is 12.4. The van der Waals surface area contributed by atoms with Gasteiger partial charge in [-0.25, -0.2) is 15.0 Å². The number of nitrogens with one attached hydrogen (secondary N) is 2. The molecule has 0 saturated heterocycles. The van der Waals surface area contributed by atoms with Crippen LogP contribution in [-0.2, 0) is 0 Å². The predicted octanol–water partition coefficient (Wildman–Crippen LogP) is 10.1. The van der Waals surface area contributed by atoms with Crippen LogP contribution in [-0.4, -0.2) is 27.8 Å². The van der Waals surface area contributed by atoms with Crippen LogP contribution in [0.15, 0.2) is 158 Å². The lowest BCUT2D eigenvalue weighted by molar-refractivity contribution is 1.07. The summed E-state index contributed by atoms with van der Waals surface area (Å²) in [5.41, 5.74) is 7.89. The van der Waals surface area contributed by atoms with Gasteiger partial charge in [0.1, 0.15) is 5.84 Å². The summed E-state index contributed by atoms with van der Waals surface area (Å²) < 4.78 is 0. The van der Waals surface area contributed by atoms with Gasteiger partial charge in [0.05, 0.1) is 0 Å². The maximum Gasteiger partial charge on any atom is 0.164 e. The molecule has 0 saturated carbocycles. The topological polar surface area (TPSA) is 74.6 Å². The Morgan fingerprint density at radius 1 is 0.438 bits per heavy atom. The number of aromatic nitrogens is 3. The summed E-state index contributed by atoms with van der Waals surface area (Å²) in [6.45, 7) is 0. The number of fused-ring (bicyclic) bond motifs is 2. The highest BCUT2D eigenvalue weighted by Crippen LogP contribution is 2.40. The minimum absolute atomic E-state index is 0.380. The molecule has 0 fully saturated rings. The predicted molar refractivity (Wildman–Crippen MR) is 198 cm³/mol. The normalized spacial score (nSPS) is 11.1. The molecule has 1 heterocycles. The maximum atomic E-state index is 8.25. The van der Waals surface area contributed by atoms with Crippen molar-refractivity contribution in [3.63, 3.8) is 0 Å². The Labute approximate surface area is 279 Å². The van der Waals surface area contributed by atoms with Crippen LogP contribution < -0.4 is 5.32 Å². The third-order valence-electron chi connectivity index (χ3n) is 8.71. The smallest absolute Gasteiger partial charge is 0.164 e. The number of benzene rings is 7. The summed E-state index contributed by atoms with van der Waals surface area (Å²) in [5.74, 6) is 2.23. The van der Waals surface area contributed by atoms with E-state index in [1.54, 1.807) is 7.05 Å². The molecule has 48 heavy (non-hydrogen) atoms. The van der Waals surface area contributed by atoms with Gasteiger partial charge in [0, 0.05) is 29.3 Å². The van der Waals surface area contributed by atoms with E-state index in [4.69, 9.17) is 20.4 Å². The molecule has 228 valence electrons. The van der Waals surface area contributed by atoms with Gasteiger partial charge in [-0.1, -0.05) is 133 Å². The molecule has 0 radical (unpaired) electrons. The van der Waals surface area contributed by atoms with Gasteiger partial charge in [0.25, 0.3) is 0 Å². The van der Waals surface area contributed by atoms with Gasteiger partial charge in [-0.2, -0.15) is 0 Å². The van der Waals surface area contributed by atoms with Gasteiger partial charge in [-0.15, -0.1) is 0 Å². The van der Waals surface area contributed by atoms with Gasteiger partial charge < -0.3 is 5.32 Å². The van der Waals surface area contributed by atoms with Crippen LogP contribution in [0.5, 0.6) is 0 Å². The average molecular weight is 618 g/mol. The summed E-state index contributed by atoms with van der Waals surface area (Å²) in [6.07, 6.45) is 0. The standard InChI is InChI=1S/C43H31N5/c1-45-40(44)29-22-20-28(21-23-29)34-25-35(39-37-18-10-8-16-32(37)24-33-17-9-11-19-38(33)39)27-36(26-34)43-47-41(30-12-4-2-5-13-30)46-42(48-43)31-14-6-3-7-15-31/h2-27H,1H3,(H2,44,45). The SMILES string of the molecule is CNC(=N)c1ccc(-c2cc(-c3nc(-c4ccccc4)nc(-c4ccccc4)n3)cc(-c3c4ccccc4cc4ccccc34)c2)cc1. The monoisotopic (exact) mass is 617 g/mol. The molecule has 0 aliphatic carbocycles. The Kier molecular flexibility index (Phi) is 7.48. The maximum absolute atomic E-state index is 8.25. The molecule has 0 unspecified atom stereocenters. The van der Waals surface area contributed by atoms with Crippen molar-refractivity contribution in [2.45, 2.75) is 0 Å². The Bertz CT molecular complexity index is 2320. The lowest BCUT2D eigenvalue weighted by Gasteiger charge is -2.16. The van der Waals surface area contributed by atoms with E-state index in [9.17, 15) is 0 Å². The minimum atomic E-state index is 0.380. The van der Waals surface area contributed by atoms with E-state index in [-0.39, 0.29) is 0 Å². The van der Waals surface area contributed by atoms with Crippen LogP contribution in [0.25, 0.3) is 78.0 Å². The van der Waals surface area contributed by atoms with Crippen molar-refractivity contribution < 1.29 is 0 Å². The van der Waals surface area contributed by atoms with E-state index < -0.39 is 0 Å². The number of amidine groups is 1. The zero-order chi connectivity index (χ0) is 32.5. The molecule has 7 aromatic carbocycles. The van der Waals surface area contributed by atoms with Crippen LogP contribution in [0.4, 0.5) is 0 Å². The Balaban J connectivity index is 1.41. The summed E-state index contributed by atoms with van der Waals surface area (Å²) in [6, 6.07) is 54.3. The van der Waals surface area contributed by atoms with E-state index in [2.05, 4.69) is 90.2 Å². The van der Waals surface area contributed by atoms with Crippen LogP contribution in [0, 0.1) is 5.41 Å². The van der Waals surface area contributed by atoms with Crippen molar-refractivity contribution in [3.05, 3.63) is 163 Å². The molecule has 0 aliphatic heterocycles. The van der Waals surface area contributed by atoms with Gasteiger partial charge in [-0.3, -0.25) is 5.41 Å². The van der Waals surface area contributed by atoms with E-state index in [0.717, 1.165) is 38.9 Å². The molecule has 0 bridgehead atoms. The van der Waals surface area contributed by atoms with Crippen molar-refractivity contribution in [3.8, 4) is 56.4 Å². The quantitative estimate of drug-likeness (QED) is 0.111. The second-order valence-electron chi connectivity index (χ2n) is 11.7. The van der Waals surface area contributed by atoms with Gasteiger partial charge in [0.2, 0.25) is 0 Å². The van der Waals surface area contributed by atoms with Gasteiger partial charge >= 0.3 is 0 Å². The first-order valence-corrected chi connectivity index (χ1v) is 15.9. The van der Waals surface area contributed by atoms with E-state index in [1.807, 2.05) is 72.8 Å². The number of hydrogen-bond donors (Lipinski definition) is 2. The van der Waals surface area contributed by atoms with Crippen LogP contribution in [0.3, 0.4) is 0 Å². The van der Waals surface area contributed by atoms with Crippen LogP contribution in [0.1, 0.15) is 5.56 Å². The highest BCUT2D eigenvalue weighted by Gasteiger charge is 2.17. The molecule has 2 N–H and O–H groups in total. The fourth-order valence-corrected chi connectivity index (χ4v) is 6.30.